The molecule has 1 N–H and O–H groups in total. The minimum Gasteiger partial charge on any atom is -0.361 e. The molecule has 0 bridgehead atoms. The number of aromatic amines is 1. The van der Waals surface area contributed by atoms with Gasteiger partial charge in [0, 0.05) is 37.6 Å². The zero-order valence-corrected chi connectivity index (χ0v) is 13.3. The Hall–Kier alpha value is -2.11. The molecule has 1 fully saturated rings. The Morgan fingerprint density at radius 1 is 1.45 bits per heavy atom. The molecule has 0 saturated heterocycles. The van der Waals surface area contributed by atoms with Crippen LogP contribution in [0.25, 0.3) is 0 Å². The number of carbonyl (C=O) groups excluding carboxylic acids is 1. The zero-order valence-electron chi connectivity index (χ0n) is 13.3. The molecular weight excluding hydrogens is 280 g/mol. The van der Waals surface area contributed by atoms with Crippen LogP contribution in [0.2, 0.25) is 0 Å². The summed E-state index contributed by atoms with van der Waals surface area (Å²) in [5.41, 5.74) is 3.99. The molecule has 2 aromatic rings. The molecule has 2 aromatic heterocycles. The van der Waals surface area contributed by atoms with E-state index in [0.29, 0.717) is 25.3 Å². The lowest BCUT2D eigenvalue weighted by Crippen LogP contribution is -2.26. The molecule has 22 heavy (non-hydrogen) atoms. The van der Waals surface area contributed by atoms with Crippen LogP contribution in [-0.2, 0) is 17.8 Å². The predicted octanol–water partition coefficient (Wildman–Crippen LogP) is 2.48. The molecule has 0 spiro atoms. The fourth-order valence-corrected chi connectivity index (χ4v) is 2.49. The van der Waals surface area contributed by atoms with Crippen molar-refractivity contribution in [1.29, 1.82) is 0 Å². The van der Waals surface area contributed by atoms with E-state index < -0.39 is 0 Å². The molecule has 0 aromatic carbocycles. The molecule has 118 valence electrons. The Labute approximate surface area is 129 Å². The van der Waals surface area contributed by atoms with Crippen LogP contribution in [0.5, 0.6) is 0 Å². The van der Waals surface area contributed by atoms with Crippen molar-refractivity contribution in [3.05, 3.63) is 34.5 Å². The van der Waals surface area contributed by atoms with Crippen molar-refractivity contribution in [3.8, 4) is 0 Å². The molecule has 6 heteroatoms. The summed E-state index contributed by atoms with van der Waals surface area (Å²) >= 11 is 0. The summed E-state index contributed by atoms with van der Waals surface area (Å²) in [7, 11) is 1.80. The highest BCUT2D eigenvalue weighted by molar-refractivity contribution is 5.76. The van der Waals surface area contributed by atoms with Gasteiger partial charge in [-0.25, -0.2) is 0 Å². The summed E-state index contributed by atoms with van der Waals surface area (Å²) in [5.74, 6) is 1.60. The van der Waals surface area contributed by atoms with Gasteiger partial charge in [-0.1, -0.05) is 5.16 Å². The third kappa shape index (κ3) is 3.21. The smallest absolute Gasteiger partial charge is 0.223 e. The number of carbonyl (C=O) groups is 1. The highest BCUT2D eigenvalue weighted by Gasteiger charge is 2.28. The van der Waals surface area contributed by atoms with E-state index in [-0.39, 0.29) is 5.91 Å². The van der Waals surface area contributed by atoms with E-state index >= 15 is 0 Å². The van der Waals surface area contributed by atoms with Gasteiger partial charge >= 0.3 is 0 Å². The van der Waals surface area contributed by atoms with Gasteiger partial charge in [0.25, 0.3) is 0 Å². The molecule has 1 saturated carbocycles. The van der Waals surface area contributed by atoms with Crippen LogP contribution in [-0.4, -0.2) is 33.2 Å². The monoisotopic (exact) mass is 302 g/mol. The number of H-pyrrole nitrogens is 1. The molecule has 0 aliphatic heterocycles. The molecular formula is C16H22N4O2. The minimum absolute atomic E-state index is 0.0935. The number of aromatic nitrogens is 3. The first-order chi connectivity index (χ1) is 10.5. The SMILES string of the molecule is Cc1[nH]nc(CCC(=O)N(C)Cc2cc(C3CC3)on2)c1C. The molecule has 0 unspecified atom stereocenters. The highest BCUT2D eigenvalue weighted by Crippen LogP contribution is 2.40. The third-order valence-electron chi connectivity index (χ3n) is 4.31. The van der Waals surface area contributed by atoms with Gasteiger partial charge in [0.1, 0.15) is 11.5 Å². The maximum atomic E-state index is 12.2. The fourth-order valence-electron chi connectivity index (χ4n) is 2.49. The van der Waals surface area contributed by atoms with E-state index in [1.54, 1.807) is 11.9 Å². The Kier molecular flexibility index (Phi) is 4.00. The van der Waals surface area contributed by atoms with Crippen LogP contribution in [0.3, 0.4) is 0 Å². The normalized spacial score (nSPS) is 14.3. The van der Waals surface area contributed by atoms with E-state index in [9.17, 15) is 4.79 Å². The minimum atomic E-state index is 0.0935. The Bertz CT molecular complexity index is 669. The lowest BCUT2D eigenvalue weighted by Gasteiger charge is -2.15. The summed E-state index contributed by atoms with van der Waals surface area (Å²) in [6, 6.07) is 1.97. The van der Waals surface area contributed by atoms with E-state index in [2.05, 4.69) is 15.4 Å². The van der Waals surface area contributed by atoms with Crippen molar-refractivity contribution >= 4 is 5.91 Å². The Morgan fingerprint density at radius 3 is 2.86 bits per heavy atom. The summed E-state index contributed by atoms with van der Waals surface area (Å²) in [6.45, 7) is 4.51. The highest BCUT2D eigenvalue weighted by atomic mass is 16.5. The standard InChI is InChI=1S/C16H22N4O2/c1-10-11(2)17-18-14(10)6-7-16(21)20(3)9-13-8-15(22-19-13)12-4-5-12/h8,12H,4-7,9H2,1-3H3,(H,17,18). The molecule has 1 aliphatic rings. The lowest BCUT2D eigenvalue weighted by atomic mass is 10.1. The number of nitrogens with one attached hydrogen (secondary N) is 1. The zero-order chi connectivity index (χ0) is 15.7. The number of rotatable bonds is 6. The molecule has 0 radical (unpaired) electrons. The largest absolute Gasteiger partial charge is 0.361 e. The predicted molar refractivity (Wildman–Crippen MR) is 81.3 cm³/mol. The fraction of sp³-hybridized carbons (Fsp3) is 0.562. The second-order valence-electron chi connectivity index (χ2n) is 6.16. The molecule has 2 heterocycles. The van der Waals surface area contributed by atoms with Gasteiger partial charge in [0.15, 0.2) is 0 Å². The second-order valence-corrected chi connectivity index (χ2v) is 6.16. The quantitative estimate of drug-likeness (QED) is 0.889. The summed E-state index contributed by atoms with van der Waals surface area (Å²) in [5, 5.41) is 11.2. The van der Waals surface area contributed by atoms with Crippen LogP contribution in [0.4, 0.5) is 0 Å². The summed E-state index contributed by atoms with van der Waals surface area (Å²) in [6.07, 6.45) is 3.48. The van der Waals surface area contributed by atoms with Crippen molar-refractivity contribution in [2.75, 3.05) is 7.05 Å². The first-order valence-corrected chi connectivity index (χ1v) is 7.74. The first-order valence-electron chi connectivity index (χ1n) is 7.74. The Morgan fingerprint density at radius 2 is 2.23 bits per heavy atom. The maximum Gasteiger partial charge on any atom is 0.223 e. The topological polar surface area (TPSA) is 75.0 Å². The van der Waals surface area contributed by atoms with Crippen molar-refractivity contribution in [3.63, 3.8) is 0 Å². The third-order valence-corrected chi connectivity index (χ3v) is 4.31. The van der Waals surface area contributed by atoms with Crippen LogP contribution < -0.4 is 0 Å². The van der Waals surface area contributed by atoms with E-state index in [1.807, 2.05) is 19.9 Å². The number of hydrogen-bond acceptors (Lipinski definition) is 4. The van der Waals surface area contributed by atoms with E-state index in [0.717, 1.165) is 28.4 Å². The molecule has 0 atom stereocenters. The van der Waals surface area contributed by atoms with Gasteiger partial charge in [-0.15, -0.1) is 0 Å². The number of aryl methyl sites for hydroxylation is 2. The average Bonchev–Trinajstić information content (AvgIpc) is 3.18. The molecule has 6 nitrogen and oxygen atoms in total. The van der Waals surface area contributed by atoms with Crippen LogP contribution in [0.1, 0.15) is 53.6 Å². The number of hydrogen-bond donors (Lipinski definition) is 1. The van der Waals surface area contributed by atoms with Crippen LogP contribution in [0.15, 0.2) is 10.6 Å². The van der Waals surface area contributed by atoms with Crippen molar-refractivity contribution in [1.82, 2.24) is 20.3 Å². The summed E-state index contributed by atoms with van der Waals surface area (Å²) in [4.78, 5) is 13.9. The van der Waals surface area contributed by atoms with Crippen LogP contribution in [0, 0.1) is 13.8 Å². The van der Waals surface area contributed by atoms with E-state index in [1.165, 1.54) is 12.8 Å². The first kappa shape index (κ1) is 14.8. The summed E-state index contributed by atoms with van der Waals surface area (Å²) < 4.78 is 5.31. The van der Waals surface area contributed by atoms with Gasteiger partial charge in [-0.05, 0) is 32.3 Å². The maximum absolute atomic E-state index is 12.2. The second kappa shape index (κ2) is 5.94. The number of nitrogens with zero attached hydrogens (tertiary/aromatic N) is 3. The van der Waals surface area contributed by atoms with Gasteiger partial charge in [0.2, 0.25) is 5.91 Å². The molecule has 1 amide bonds. The Balaban J connectivity index is 1.51. The average molecular weight is 302 g/mol. The van der Waals surface area contributed by atoms with E-state index in [4.69, 9.17) is 4.52 Å². The van der Waals surface area contributed by atoms with Gasteiger partial charge in [-0.3, -0.25) is 9.89 Å². The van der Waals surface area contributed by atoms with Gasteiger partial charge in [-0.2, -0.15) is 5.10 Å². The van der Waals surface area contributed by atoms with Crippen molar-refractivity contribution in [2.24, 2.45) is 0 Å². The number of amides is 1. The molecule has 3 rings (SSSR count). The van der Waals surface area contributed by atoms with Crippen LogP contribution >= 0.6 is 0 Å². The lowest BCUT2D eigenvalue weighted by molar-refractivity contribution is -0.130. The molecule has 1 aliphatic carbocycles. The van der Waals surface area contributed by atoms with Gasteiger partial charge in [0.05, 0.1) is 12.2 Å². The van der Waals surface area contributed by atoms with Crippen molar-refractivity contribution in [2.45, 2.75) is 52.0 Å². The van der Waals surface area contributed by atoms with Crippen molar-refractivity contribution < 1.29 is 9.32 Å². The van der Waals surface area contributed by atoms with Gasteiger partial charge < -0.3 is 9.42 Å².